The zero-order valence-corrected chi connectivity index (χ0v) is 10.4. The van der Waals surface area contributed by atoms with E-state index in [4.69, 9.17) is 5.26 Å². The molecule has 0 aliphatic heterocycles. The molecule has 0 amide bonds. The zero-order valence-electron chi connectivity index (χ0n) is 10.4. The van der Waals surface area contributed by atoms with Gasteiger partial charge in [-0.3, -0.25) is 0 Å². The maximum Gasteiger partial charge on any atom is 0.0995 e. The molecule has 1 N–H and O–H groups in total. The van der Waals surface area contributed by atoms with Crippen LogP contribution in [0.2, 0.25) is 0 Å². The van der Waals surface area contributed by atoms with Crippen molar-refractivity contribution in [1.82, 2.24) is 5.32 Å². The second kappa shape index (κ2) is 5.84. The molecular formula is C15H20N2. The van der Waals surface area contributed by atoms with Crippen molar-refractivity contribution < 1.29 is 0 Å². The van der Waals surface area contributed by atoms with Crippen LogP contribution < -0.4 is 5.32 Å². The molecule has 0 bridgehead atoms. The highest BCUT2D eigenvalue weighted by Crippen LogP contribution is 2.34. The minimum atomic E-state index is 0.606. The van der Waals surface area contributed by atoms with Crippen molar-refractivity contribution in [1.29, 1.82) is 5.26 Å². The van der Waals surface area contributed by atoms with Gasteiger partial charge in [0.1, 0.15) is 0 Å². The summed E-state index contributed by atoms with van der Waals surface area (Å²) in [4.78, 5) is 0. The summed E-state index contributed by atoms with van der Waals surface area (Å²) >= 11 is 0. The van der Waals surface area contributed by atoms with Crippen molar-refractivity contribution in [3.05, 3.63) is 35.4 Å². The highest BCUT2D eigenvalue weighted by molar-refractivity contribution is 5.37. The Bertz CT molecular complexity index is 402. The van der Waals surface area contributed by atoms with Gasteiger partial charge in [0.15, 0.2) is 0 Å². The van der Waals surface area contributed by atoms with Gasteiger partial charge < -0.3 is 5.32 Å². The molecule has 2 nitrogen and oxygen atoms in total. The fraction of sp³-hybridized carbons (Fsp3) is 0.533. The molecule has 2 rings (SSSR count). The summed E-state index contributed by atoms with van der Waals surface area (Å²) in [5.41, 5.74) is 1.91. The molecule has 1 aliphatic rings. The molecule has 1 fully saturated rings. The summed E-state index contributed by atoms with van der Waals surface area (Å²) < 4.78 is 0. The van der Waals surface area contributed by atoms with E-state index in [1.54, 1.807) is 0 Å². The van der Waals surface area contributed by atoms with Gasteiger partial charge in [0.25, 0.3) is 0 Å². The molecule has 0 radical (unpaired) electrons. The SMILES string of the molecule is CCC(CC1CC1)NCc1ccccc1C#N. The average molecular weight is 228 g/mol. The first-order valence-electron chi connectivity index (χ1n) is 6.55. The molecule has 1 aromatic rings. The van der Waals surface area contributed by atoms with Gasteiger partial charge in [-0.15, -0.1) is 0 Å². The van der Waals surface area contributed by atoms with Crippen molar-refractivity contribution >= 4 is 0 Å². The quantitative estimate of drug-likeness (QED) is 0.811. The molecule has 0 saturated heterocycles. The minimum absolute atomic E-state index is 0.606. The molecule has 1 saturated carbocycles. The first-order chi connectivity index (χ1) is 8.33. The fourth-order valence-electron chi connectivity index (χ4n) is 2.19. The first-order valence-corrected chi connectivity index (χ1v) is 6.55. The molecular weight excluding hydrogens is 208 g/mol. The highest BCUT2D eigenvalue weighted by Gasteiger charge is 2.24. The molecule has 0 heterocycles. The van der Waals surface area contributed by atoms with E-state index in [9.17, 15) is 0 Å². The minimum Gasteiger partial charge on any atom is -0.310 e. The van der Waals surface area contributed by atoms with E-state index in [0.717, 1.165) is 23.6 Å². The predicted octanol–water partition coefficient (Wildman–Crippen LogP) is 3.23. The van der Waals surface area contributed by atoms with Gasteiger partial charge in [0.05, 0.1) is 11.6 Å². The zero-order chi connectivity index (χ0) is 12.1. The lowest BCUT2D eigenvalue weighted by atomic mass is 10.1. The summed E-state index contributed by atoms with van der Waals surface area (Å²) in [6, 6.07) is 10.7. The lowest BCUT2D eigenvalue weighted by Crippen LogP contribution is -2.28. The van der Waals surface area contributed by atoms with Crippen LogP contribution in [0.5, 0.6) is 0 Å². The van der Waals surface area contributed by atoms with Crippen LogP contribution in [-0.2, 0) is 6.54 Å². The van der Waals surface area contributed by atoms with E-state index in [2.05, 4.69) is 18.3 Å². The fourth-order valence-corrected chi connectivity index (χ4v) is 2.19. The summed E-state index contributed by atoms with van der Waals surface area (Å²) in [5.74, 6) is 0.957. The summed E-state index contributed by atoms with van der Waals surface area (Å²) in [6.07, 6.45) is 5.29. The van der Waals surface area contributed by atoms with E-state index in [-0.39, 0.29) is 0 Å². The van der Waals surface area contributed by atoms with Gasteiger partial charge >= 0.3 is 0 Å². The van der Waals surface area contributed by atoms with E-state index in [0.29, 0.717) is 6.04 Å². The Morgan fingerprint density at radius 2 is 2.18 bits per heavy atom. The molecule has 90 valence electrons. The maximum atomic E-state index is 9.02. The predicted molar refractivity (Wildman–Crippen MR) is 69.4 cm³/mol. The third kappa shape index (κ3) is 3.57. The van der Waals surface area contributed by atoms with Crippen LogP contribution in [0.4, 0.5) is 0 Å². The van der Waals surface area contributed by atoms with Crippen molar-refractivity contribution in [2.75, 3.05) is 0 Å². The average Bonchev–Trinajstić information content (AvgIpc) is 3.18. The Balaban J connectivity index is 1.89. The Morgan fingerprint density at radius 1 is 1.41 bits per heavy atom. The lowest BCUT2D eigenvalue weighted by Gasteiger charge is -2.17. The monoisotopic (exact) mass is 228 g/mol. The second-order valence-corrected chi connectivity index (χ2v) is 4.93. The van der Waals surface area contributed by atoms with Gasteiger partial charge in [-0.05, 0) is 30.4 Å². The van der Waals surface area contributed by atoms with E-state index >= 15 is 0 Å². The molecule has 17 heavy (non-hydrogen) atoms. The van der Waals surface area contributed by atoms with Crippen molar-refractivity contribution in [2.24, 2.45) is 5.92 Å². The van der Waals surface area contributed by atoms with Crippen LogP contribution in [-0.4, -0.2) is 6.04 Å². The molecule has 1 atom stereocenters. The van der Waals surface area contributed by atoms with Crippen LogP contribution in [0.25, 0.3) is 0 Å². The molecule has 0 aromatic heterocycles. The molecule has 1 aliphatic carbocycles. The number of nitrogens with zero attached hydrogens (tertiary/aromatic N) is 1. The summed E-state index contributed by atoms with van der Waals surface area (Å²) in [6.45, 7) is 3.05. The Morgan fingerprint density at radius 3 is 2.82 bits per heavy atom. The molecule has 1 unspecified atom stereocenters. The van der Waals surface area contributed by atoms with Gasteiger partial charge in [0.2, 0.25) is 0 Å². The maximum absolute atomic E-state index is 9.02. The molecule has 1 aromatic carbocycles. The van der Waals surface area contributed by atoms with Crippen LogP contribution in [0.3, 0.4) is 0 Å². The number of rotatable bonds is 6. The Kier molecular flexibility index (Phi) is 4.17. The standard InChI is InChI=1S/C15H20N2/c1-2-15(9-12-7-8-12)17-11-14-6-4-3-5-13(14)10-16/h3-6,12,15,17H,2,7-9,11H2,1H3. The van der Waals surface area contributed by atoms with E-state index in [1.165, 1.54) is 25.7 Å². The van der Waals surface area contributed by atoms with Gasteiger partial charge in [-0.25, -0.2) is 0 Å². The smallest absolute Gasteiger partial charge is 0.0995 e. The van der Waals surface area contributed by atoms with E-state index in [1.807, 2.05) is 24.3 Å². The number of hydrogen-bond donors (Lipinski definition) is 1. The number of hydrogen-bond acceptors (Lipinski definition) is 2. The topological polar surface area (TPSA) is 35.8 Å². The Hall–Kier alpha value is -1.33. The van der Waals surface area contributed by atoms with Crippen LogP contribution in [0, 0.1) is 17.2 Å². The first kappa shape index (κ1) is 12.1. The van der Waals surface area contributed by atoms with Crippen molar-refractivity contribution in [2.45, 2.75) is 45.2 Å². The van der Waals surface area contributed by atoms with E-state index < -0.39 is 0 Å². The summed E-state index contributed by atoms with van der Waals surface area (Å²) in [5, 5.41) is 12.6. The second-order valence-electron chi connectivity index (χ2n) is 4.93. The van der Waals surface area contributed by atoms with Crippen LogP contribution in [0.15, 0.2) is 24.3 Å². The normalized spacial score (nSPS) is 16.5. The van der Waals surface area contributed by atoms with Crippen LogP contribution >= 0.6 is 0 Å². The van der Waals surface area contributed by atoms with Crippen LogP contribution in [0.1, 0.15) is 43.7 Å². The summed E-state index contributed by atoms with van der Waals surface area (Å²) in [7, 11) is 0. The van der Waals surface area contributed by atoms with Crippen molar-refractivity contribution in [3.63, 3.8) is 0 Å². The van der Waals surface area contributed by atoms with Crippen molar-refractivity contribution in [3.8, 4) is 6.07 Å². The molecule has 0 spiro atoms. The van der Waals surface area contributed by atoms with Gasteiger partial charge in [-0.2, -0.15) is 5.26 Å². The third-order valence-corrected chi connectivity index (χ3v) is 3.53. The van der Waals surface area contributed by atoms with Gasteiger partial charge in [0, 0.05) is 12.6 Å². The number of benzene rings is 1. The lowest BCUT2D eigenvalue weighted by molar-refractivity contribution is 0.444. The molecule has 2 heteroatoms. The van der Waals surface area contributed by atoms with Gasteiger partial charge in [-0.1, -0.05) is 38.0 Å². The number of nitriles is 1. The largest absolute Gasteiger partial charge is 0.310 e. The highest BCUT2D eigenvalue weighted by atomic mass is 14.9. The number of nitrogens with one attached hydrogen (secondary N) is 1. The third-order valence-electron chi connectivity index (χ3n) is 3.53. The Labute approximate surface area is 104 Å².